The van der Waals surface area contributed by atoms with Crippen LogP contribution in [0.15, 0.2) is 36.4 Å². The maximum atomic E-state index is 12.1. The highest BCUT2D eigenvalue weighted by Gasteiger charge is 2.14. The van der Waals surface area contributed by atoms with Gasteiger partial charge in [-0.15, -0.1) is 0 Å². The number of methoxy groups -OCH3 is 3. The predicted molar refractivity (Wildman–Crippen MR) is 98.5 cm³/mol. The van der Waals surface area contributed by atoms with Crippen molar-refractivity contribution < 1.29 is 23.8 Å². The van der Waals surface area contributed by atoms with Gasteiger partial charge in [-0.3, -0.25) is 9.59 Å². The number of amides is 2. The highest BCUT2D eigenvalue weighted by molar-refractivity contribution is 6.32. The second-order valence-electron chi connectivity index (χ2n) is 5.15. The average molecular weight is 379 g/mol. The van der Waals surface area contributed by atoms with Crippen LogP contribution in [-0.4, -0.2) is 39.7 Å². The minimum atomic E-state index is -0.422. The highest BCUT2D eigenvalue weighted by Crippen LogP contribution is 2.35. The second kappa shape index (κ2) is 8.96. The molecule has 2 aromatic carbocycles. The molecule has 8 heteroatoms. The summed E-state index contributed by atoms with van der Waals surface area (Å²) in [5.74, 6) is 0.622. The molecule has 0 spiro atoms. The van der Waals surface area contributed by atoms with Gasteiger partial charge < -0.3 is 24.8 Å². The Kier molecular flexibility index (Phi) is 6.68. The molecule has 2 rings (SSSR count). The fraction of sp³-hybridized carbons (Fsp3) is 0.222. The van der Waals surface area contributed by atoms with Crippen LogP contribution in [0.5, 0.6) is 17.2 Å². The molecule has 0 heterocycles. The summed E-state index contributed by atoms with van der Waals surface area (Å²) in [6.07, 6.45) is 0. The molecule has 7 nitrogen and oxygen atoms in total. The first-order chi connectivity index (χ1) is 12.5. The summed E-state index contributed by atoms with van der Waals surface area (Å²) in [4.78, 5) is 24.2. The fourth-order valence-corrected chi connectivity index (χ4v) is 2.39. The molecule has 2 N–H and O–H groups in total. The van der Waals surface area contributed by atoms with E-state index in [0.29, 0.717) is 33.5 Å². The van der Waals surface area contributed by atoms with Crippen LogP contribution in [-0.2, 0) is 4.79 Å². The van der Waals surface area contributed by atoms with Crippen molar-refractivity contribution in [1.29, 1.82) is 0 Å². The third kappa shape index (κ3) is 4.80. The van der Waals surface area contributed by atoms with Crippen molar-refractivity contribution in [3.05, 3.63) is 47.0 Å². The molecule has 0 aliphatic rings. The molecule has 0 aliphatic heterocycles. The Morgan fingerprint density at radius 2 is 1.62 bits per heavy atom. The number of nitrogens with one attached hydrogen (secondary N) is 2. The van der Waals surface area contributed by atoms with Crippen LogP contribution in [0.1, 0.15) is 10.4 Å². The minimum Gasteiger partial charge on any atom is -0.497 e. The first-order valence-electron chi connectivity index (χ1n) is 7.62. The summed E-state index contributed by atoms with van der Waals surface area (Å²) < 4.78 is 15.3. The van der Waals surface area contributed by atoms with Crippen LogP contribution in [0.25, 0.3) is 0 Å². The normalized spacial score (nSPS) is 10.0. The summed E-state index contributed by atoms with van der Waals surface area (Å²) in [5, 5.41) is 5.55. The smallest absolute Gasteiger partial charge is 0.251 e. The number of halogens is 1. The number of hydrogen-bond donors (Lipinski definition) is 2. The molecule has 0 radical (unpaired) electrons. The summed E-state index contributed by atoms with van der Waals surface area (Å²) in [6.45, 7) is -0.209. The van der Waals surface area contributed by atoms with Gasteiger partial charge in [0.2, 0.25) is 5.91 Å². The zero-order valence-corrected chi connectivity index (χ0v) is 15.3. The zero-order valence-electron chi connectivity index (χ0n) is 14.6. The van der Waals surface area contributed by atoms with Crippen LogP contribution >= 0.6 is 11.6 Å². The largest absolute Gasteiger partial charge is 0.497 e. The molecule has 2 aromatic rings. The number of ether oxygens (including phenoxy) is 3. The van der Waals surface area contributed by atoms with Gasteiger partial charge in [-0.05, 0) is 24.3 Å². The summed E-state index contributed by atoms with van der Waals surface area (Å²) >= 11 is 6.03. The van der Waals surface area contributed by atoms with E-state index in [0.717, 1.165) is 0 Å². The van der Waals surface area contributed by atoms with Crippen LogP contribution in [0, 0.1) is 0 Å². The summed E-state index contributed by atoms with van der Waals surface area (Å²) in [7, 11) is 4.47. The number of benzene rings is 2. The predicted octanol–water partition coefficient (Wildman–Crippen LogP) is 2.73. The number of anilines is 1. The van der Waals surface area contributed by atoms with Gasteiger partial charge in [0.1, 0.15) is 17.2 Å². The first kappa shape index (κ1) is 19.4. The van der Waals surface area contributed by atoms with E-state index in [1.54, 1.807) is 37.4 Å². The van der Waals surface area contributed by atoms with Crippen LogP contribution < -0.4 is 24.8 Å². The Morgan fingerprint density at radius 3 is 2.19 bits per heavy atom. The van der Waals surface area contributed by atoms with Crippen molar-refractivity contribution in [3.8, 4) is 17.2 Å². The van der Waals surface area contributed by atoms with Gasteiger partial charge in [-0.2, -0.15) is 0 Å². The first-order valence-corrected chi connectivity index (χ1v) is 8.00. The lowest BCUT2D eigenvalue weighted by molar-refractivity contribution is -0.115. The quantitative estimate of drug-likeness (QED) is 0.773. The van der Waals surface area contributed by atoms with Crippen molar-refractivity contribution in [1.82, 2.24) is 5.32 Å². The van der Waals surface area contributed by atoms with E-state index < -0.39 is 5.91 Å². The van der Waals surface area contributed by atoms with Gasteiger partial charge in [0, 0.05) is 17.7 Å². The van der Waals surface area contributed by atoms with Gasteiger partial charge in [0.25, 0.3) is 5.91 Å². The lowest BCUT2D eigenvalue weighted by atomic mass is 10.2. The molecule has 0 saturated heterocycles. The van der Waals surface area contributed by atoms with Crippen molar-refractivity contribution in [2.45, 2.75) is 0 Å². The van der Waals surface area contributed by atoms with Gasteiger partial charge in [0.05, 0.1) is 38.6 Å². The Bertz CT molecular complexity index is 793. The fourth-order valence-electron chi connectivity index (χ4n) is 2.16. The van der Waals surface area contributed by atoms with E-state index in [9.17, 15) is 9.59 Å². The third-order valence-corrected chi connectivity index (χ3v) is 3.81. The molecule has 0 saturated carbocycles. The number of carbonyl (C=O) groups is 2. The van der Waals surface area contributed by atoms with Crippen molar-refractivity contribution >= 4 is 29.1 Å². The number of hydrogen-bond acceptors (Lipinski definition) is 5. The van der Waals surface area contributed by atoms with Gasteiger partial charge in [-0.1, -0.05) is 11.6 Å². The topological polar surface area (TPSA) is 85.9 Å². The Morgan fingerprint density at radius 1 is 0.962 bits per heavy atom. The maximum Gasteiger partial charge on any atom is 0.251 e. The van der Waals surface area contributed by atoms with E-state index in [1.807, 2.05) is 0 Å². The van der Waals surface area contributed by atoms with Crippen molar-refractivity contribution in [2.24, 2.45) is 0 Å². The highest BCUT2D eigenvalue weighted by atomic mass is 35.5. The van der Waals surface area contributed by atoms with E-state index in [1.165, 1.54) is 20.3 Å². The second-order valence-corrected chi connectivity index (χ2v) is 5.55. The van der Waals surface area contributed by atoms with Crippen molar-refractivity contribution in [2.75, 3.05) is 33.2 Å². The van der Waals surface area contributed by atoms with E-state index in [4.69, 9.17) is 25.8 Å². The van der Waals surface area contributed by atoms with E-state index >= 15 is 0 Å². The van der Waals surface area contributed by atoms with Gasteiger partial charge >= 0.3 is 0 Å². The summed E-state index contributed by atoms with van der Waals surface area (Å²) in [6, 6.07) is 9.63. The number of rotatable bonds is 7. The lowest BCUT2D eigenvalue weighted by Gasteiger charge is -2.13. The SMILES string of the molecule is COc1ccc(C(=O)NCC(=O)Nc2cc(OC)c(Cl)cc2OC)cc1. The van der Waals surface area contributed by atoms with E-state index in [-0.39, 0.29) is 12.5 Å². The Labute approximate surface area is 156 Å². The van der Waals surface area contributed by atoms with E-state index in [2.05, 4.69) is 10.6 Å². The molecule has 0 atom stereocenters. The van der Waals surface area contributed by atoms with Crippen LogP contribution in [0.2, 0.25) is 5.02 Å². The third-order valence-electron chi connectivity index (χ3n) is 3.51. The zero-order chi connectivity index (χ0) is 19.1. The monoisotopic (exact) mass is 378 g/mol. The molecular formula is C18H19ClN2O5. The van der Waals surface area contributed by atoms with Gasteiger partial charge in [0.15, 0.2) is 0 Å². The average Bonchev–Trinajstić information content (AvgIpc) is 2.67. The molecule has 2 amide bonds. The number of carbonyl (C=O) groups excluding carboxylic acids is 2. The molecular weight excluding hydrogens is 360 g/mol. The molecule has 0 unspecified atom stereocenters. The van der Waals surface area contributed by atoms with Crippen LogP contribution in [0.4, 0.5) is 5.69 Å². The van der Waals surface area contributed by atoms with Crippen LogP contribution in [0.3, 0.4) is 0 Å². The molecule has 0 aliphatic carbocycles. The maximum absolute atomic E-state index is 12.1. The molecule has 138 valence electrons. The Hall–Kier alpha value is -2.93. The minimum absolute atomic E-state index is 0.209. The lowest BCUT2D eigenvalue weighted by Crippen LogP contribution is -2.32. The summed E-state index contributed by atoms with van der Waals surface area (Å²) in [5.41, 5.74) is 0.807. The molecule has 0 fully saturated rings. The molecule has 0 aromatic heterocycles. The van der Waals surface area contributed by atoms with Gasteiger partial charge in [-0.25, -0.2) is 0 Å². The Balaban J connectivity index is 1.99. The standard InChI is InChI=1S/C18H19ClN2O5/c1-24-12-6-4-11(5-7-12)18(23)20-10-17(22)21-14-9-15(25-2)13(19)8-16(14)26-3/h4-9H,10H2,1-3H3,(H,20,23)(H,21,22). The van der Waals surface area contributed by atoms with Crippen molar-refractivity contribution in [3.63, 3.8) is 0 Å². The molecule has 26 heavy (non-hydrogen) atoms. The molecule has 0 bridgehead atoms.